The number of hydrogen-bond donors (Lipinski definition) is 0. The molecule has 3 rings (SSSR count). The van der Waals surface area contributed by atoms with Crippen LogP contribution in [0.4, 0.5) is 0 Å². The van der Waals surface area contributed by atoms with E-state index in [0.717, 1.165) is 20.6 Å². The van der Waals surface area contributed by atoms with Crippen LogP contribution in [0, 0.1) is 0 Å². The van der Waals surface area contributed by atoms with Gasteiger partial charge in [-0.15, -0.1) is 0 Å². The van der Waals surface area contributed by atoms with Gasteiger partial charge in [0.05, 0.1) is 11.4 Å². The van der Waals surface area contributed by atoms with Crippen molar-refractivity contribution in [3.63, 3.8) is 0 Å². The van der Waals surface area contributed by atoms with Crippen LogP contribution in [0.1, 0.15) is 56.1 Å². The molecule has 0 bridgehead atoms. The number of halogens is 2. The minimum absolute atomic E-state index is 0.452. The minimum Gasteiger partial charge on any atom is -0.239 e. The van der Waals surface area contributed by atoms with Crippen LogP contribution >= 0.6 is 31.9 Å². The summed E-state index contributed by atoms with van der Waals surface area (Å²) >= 11 is 6.96. The maximum absolute atomic E-state index is 4.66. The number of nitrogens with zero attached hydrogens (tertiary/aromatic N) is 2. The number of pyridine rings is 2. The van der Waals surface area contributed by atoms with Gasteiger partial charge in [0.1, 0.15) is 9.21 Å². The van der Waals surface area contributed by atoms with E-state index in [1.807, 2.05) is 12.1 Å². The molecule has 0 atom stereocenters. The first kappa shape index (κ1) is 15.2. The molecule has 0 saturated heterocycles. The summed E-state index contributed by atoms with van der Waals surface area (Å²) in [5.74, 6) is 0.452. The highest BCUT2D eigenvalue weighted by atomic mass is 79.9. The lowest BCUT2D eigenvalue weighted by Crippen LogP contribution is -1.97. The van der Waals surface area contributed by atoms with Crippen molar-refractivity contribution in [3.05, 3.63) is 44.6 Å². The van der Waals surface area contributed by atoms with Gasteiger partial charge in [0.15, 0.2) is 0 Å². The van der Waals surface area contributed by atoms with E-state index in [2.05, 4.69) is 60.9 Å². The number of aromatic nitrogens is 2. The van der Waals surface area contributed by atoms with Gasteiger partial charge < -0.3 is 0 Å². The van der Waals surface area contributed by atoms with Crippen molar-refractivity contribution < 1.29 is 0 Å². The number of fused-ring (bicyclic) bond motifs is 3. The number of hydrogen-bond acceptors (Lipinski definition) is 2. The molecular formula is C17H18Br2N2. The molecular weight excluding hydrogens is 392 g/mol. The molecule has 110 valence electrons. The van der Waals surface area contributed by atoms with Gasteiger partial charge in [0, 0.05) is 5.92 Å². The van der Waals surface area contributed by atoms with E-state index in [-0.39, 0.29) is 0 Å². The molecule has 0 fully saturated rings. The quantitative estimate of drug-likeness (QED) is 0.441. The fourth-order valence-corrected chi connectivity index (χ4v) is 3.71. The van der Waals surface area contributed by atoms with E-state index in [0.29, 0.717) is 5.92 Å². The standard InChI is InChI=1S/C17H18Br2N2/c1-2-3-4-5-6-11-12-7-9-14(18)20-16(12)17-13(11)8-10-15(19)21-17/h7-11H,2-6H2,1H3. The van der Waals surface area contributed by atoms with E-state index < -0.39 is 0 Å². The Bertz CT molecular complexity index is 604. The van der Waals surface area contributed by atoms with Crippen molar-refractivity contribution in [3.8, 4) is 11.4 Å². The molecule has 0 radical (unpaired) electrons. The Morgan fingerprint density at radius 2 is 1.43 bits per heavy atom. The van der Waals surface area contributed by atoms with Crippen LogP contribution in [0.3, 0.4) is 0 Å². The van der Waals surface area contributed by atoms with Crippen LogP contribution in [0.5, 0.6) is 0 Å². The molecule has 2 aromatic heterocycles. The smallest absolute Gasteiger partial charge is 0.106 e. The third-order valence-electron chi connectivity index (χ3n) is 4.11. The largest absolute Gasteiger partial charge is 0.239 e. The second kappa shape index (κ2) is 6.57. The topological polar surface area (TPSA) is 25.8 Å². The molecule has 1 aliphatic carbocycles. The van der Waals surface area contributed by atoms with Crippen molar-refractivity contribution in [1.29, 1.82) is 0 Å². The zero-order valence-corrected chi connectivity index (χ0v) is 15.2. The minimum atomic E-state index is 0.452. The van der Waals surface area contributed by atoms with Crippen molar-refractivity contribution >= 4 is 31.9 Å². The molecule has 0 aliphatic heterocycles. The summed E-state index contributed by atoms with van der Waals surface area (Å²) in [6, 6.07) is 8.48. The summed E-state index contributed by atoms with van der Waals surface area (Å²) in [5, 5.41) is 0. The van der Waals surface area contributed by atoms with E-state index in [9.17, 15) is 0 Å². The molecule has 0 aromatic carbocycles. The predicted octanol–water partition coefficient (Wildman–Crippen LogP) is 6.08. The van der Waals surface area contributed by atoms with Gasteiger partial charge in [-0.25, -0.2) is 9.97 Å². The Balaban J connectivity index is 1.95. The van der Waals surface area contributed by atoms with Crippen LogP contribution < -0.4 is 0 Å². The Hall–Kier alpha value is -0.740. The number of rotatable bonds is 5. The molecule has 0 unspecified atom stereocenters. The normalized spacial score (nSPS) is 13.3. The van der Waals surface area contributed by atoms with Crippen molar-refractivity contribution in [1.82, 2.24) is 9.97 Å². The Kier molecular flexibility index (Phi) is 4.75. The Morgan fingerprint density at radius 3 is 1.95 bits per heavy atom. The fraction of sp³-hybridized carbons (Fsp3) is 0.412. The van der Waals surface area contributed by atoms with Crippen molar-refractivity contribution in [2.75, 3.05) is 0 Å². The molecule has 2 heterocycles. The molecule has 0 saturated carbocycles. The fourth-order valence-electron chi connectivity index (χ4n) is 3.09. The lowest BCUT2D eigenvalue weighted by atomic mass is 9.92. The van der Waals surface area contributed by atoms with Gasteiger partial charge >= 0.3 is 0 Å². The van der Waals surface area contributed by atoms with Crippen LogP contribution in [0.15, 0.2) is 33.5 Å². The lowest BCUT2D eigenvalue weighted by molar-refractivity contribution is 0.601. The summed E-state index contributed by atoms with van der Waals surface area (Å²) in [4.78, 5) is 9.33. The zero-order valence-electron chi connectivity index (χ0n) is 12.1. The monoisotopic (exact) mass is 408 g/mol. The molecule has 2 nitrogen and oxygen atoms in total. The molecule has 21 heavy (non-hydrogen) atoms. The van der Waals surface area contributed by atoms with Crippen LogP contribution in [-0.4, -0.2) is 9.97 Å². The molecule has 0 spiro atoms. The van der Waals surface area contributed by atoms with Crippen molar-refractivity contribution in [2.24, 2.45) is 0 Å². The van der Waals surface area contributed by atoms with E-state index in [1.165, 1.54) is 43.2 Å². The Morgan fingerprint density at radius 1 is 0.857 bits per heavy atom. The summed E-state index contributed by atoms with van der Waals surface area (Å²) in [6.45, 7) is 2.25. The van der Waals surface area contributed by atoms with E-state index in [4.69, 9.17) is 0 Å². The zero-order chi connectivity index (χ0) is 14.8. The van der Waals surface area contributed by atoms with Gasteiger partial charge in [-0.05, 0) is 61.5 Å². The predicted molar refractivity (Wildman–Crippen MR) is 93.5 cm³/mol. The Labute approximate surface area is 142 Å². The first-order valence-corrected chi connectivity index (χ1v) is 9.12. The van der Waals surface area contributed by atoms with Gasteiger partial charge in [-0.1, -0.05) is 44.7 Å². The first-order chi connectivity index (χ1) is 10.2. The van der Waals surface area contributed by atoms with E-state index >= 15 is 0 Å². The summed E-state index contributed by atoms with van der Waals surface area (Å²) in [6.07, 6.45) is 6.37. The van der Waals surface area contributed by atoms with Gasteiger partial charge in [0.2, 0.25) is 0 Å². The summed E-state index contributed by atoms with van der Waals surface area (Å²) in [7, 11) is 0. The lowest BCUT2D eigenvalue weighted by Gasteiger charge is -2.12. The molecule has 2 aromatic rings. The van der Waals surface area contributed by atoms with Crippen LogP contribution in [0.25, 0.3) is 11.4 Å². The van der Waals surface area contributed by atoms with Crippen LogP contribution in [0.2, 0.25) is 0 Å². The highest BCUT2D eigenvalue weighted by Crippen LogP contribution is 2.45. The second-order valence-electron chi connectivity index (χ2n) is 5.55. The van der Waals surface area contributed by atoms with Gasteiger partial charge in [-0.3, -0.25) is 0 Å². The average Bonchev–Trinajstić information content (AvgIpc) is 2.77. The SMILES string of the molecule is CCCCCCC1c2ccc(Br)nc2-c2nc(Br)ccc21. The second-order valence-corrected chi connectivity index (χ2v) is 7.17. The average molecular weight is 410 g/mol. The molecule has 4 heteroatoms. The molecule has 1 aliphatic rings. The first-order valence-electron chi connectivity index (χ1n) is 7.54. The van der Waals surface area contributed by atoms with E-state index in [1.54, 1.807) is 0 Å². The molecule has 0 amide bonds. The maximum atomic E-state index is 4.66. The third-order valence-corrected chi connectivity index (χ3v) is 4.99. The van der Waals surface area contributed by atoms with Gasteiger partial charge in [0.25, 0.3) is 0 Å². The highest BCUT2D eigenvalue weighted by Gasteiger charge is 2.30. The van der Waals surface area contributed by atoms with Crippen molar-refractivity contribution in [2.45, 2.75) is 44.9 Å². The summed E-state index contributed by atoms with van der Waals surface area (Å²) in [5.41, 5.74) is 4.74. The highest BCUT2D eigenvalue weighted by molar-refractivity contribution is 9.10. The van der Waals surface area contributed by atoms with Crippen LogP contribution in [-0.2, 0) is 0 Å². The summed E-state index contributed by atoms with van der Waals surface area (Å²) < 4.78 is 1.75. The maximum Gasteiger partial charge on any atom is 0.106 e. The molecule has 0 N–H and O–H groups in total. The van der Waals surface area contributed by atoms with Gasteiger partial charge in [-0.2, -0.15) is 0 Å². The third kappa shape index (κ3) is 3.07. The number of unbranched alkanes of at least 4 members (excludes halogenated alkanes) is 3.